The molecule has 1 atom stereocenters. The smallest absolute Gasteiger partial charge is 0.311 e. The van der Waals surface area contributed by atoms with Gasteiger partial charge in [-0.3, -0.25) is 4.79 Å². The molecule has 0 saturated heterocycles. The SMILES string of the molecule is CC(C)C(C(=O)O)c1c(CCCCN(C)C)ccc2ccccc12. The molecule has 3 nitrogen and oxygen atoms in total. The number of benzene rings is 2. The molecule has 0 aliphatic heterocycles. The van der Waals surface area contributed by atoms with E-state index in [-0.39, 0.29) is 5.92 Å². The molecule has 0 amide bonds. The fourth-order valence-corrected chi connectivity index (χ4v) is 3.41. The highest BCUT2D eigenvalue weighted by Gasteiger charge is 2.27. The average Bonchev–Trinajstić information content (AvgIpc) is 2.52. The number of carboxylic acid groups (broad SMARTS) is 1. The lowest BCUT2D eigenvalue weighted by atomic mass is 9.81. The minimum atomic E-state index is -0.726. The van der Waals surface area contributed by atoms with Crippen molar-refractivity contribution in [3.63, 3.8) is 0 Å². The van der Waals surface area contributed by atoms with Gasteiger partial charge in [0.15, 0.2) is 0 Å². The van der Waals surface area contributed by atoms with E-state index in [1.807, 2.05) is 26.0 Å². The maximum absolute atomic E-state index is 11.9. The third-order valence-corrected chi connectivity index (χ3v) is 4.61. The van der Waals surface area contributed by atoms with E-state index in [4.69, 9.17) is 0 Å². The van der Waals surface area contributed by atoms with Crippen LogP contribution in [0.2, 0.25) is 0 Å². The Kier molecular flexibility index (Phi) is 6.38. The van der Waals surface area contributed by atoms with E-state index in [2.05, 4.69) is 43.3 Å². The van der Waals surface area contributed by atoms with Crippen molar-refractivity contribution in [2.45, 2.75) is 39.0 Å². The van der Waals surface area contributed by atoms with Gasteiger partial charge in [-0.15, -0.1) is 0 Å². The Labute approximate surface area is 145 Å². The molecule has 130 valence electrons. The fourth-order valence-electron chi connectivity index (χ4n) is 3.41. The number of aryl methyl sites for hydroxylation is 1. The summed E-state index contributed by atoms with van der Waals surface area (Å²) in [6.45, 7) is 5.06. The van der Waals surface area contributed by atoms with Gasteiger partial charge >= 0.3 is 5.97 Å². The van der Waals surface area contributed by atoms with Gasteiger partial charge in [-0.05, 0) is 67.7 Å². The van der Waals surface area contributed by atoms with Crippen molar-refractivity contribution < 1.29 is 9.90 Å². The zero-order valence-corrected chi connectivity index (χ0v) is 15.2. The molecule has 2 rings (SSSR count). The van der Waals surface area contributed by atoms with Crippen LogP contribution in [0, 0.1) is 5.92 Å². The quantitative estimate of drug-likeness (QED) is 0.723. The molecule has 3 heteroatoms. The maximum Gasteiger partial charge on any atom is 0.311 e. The summed E-state index contributed by atoms with van der Waals surface area (Å²) in [7, 11) is 4.17. The van der Waals surface area contributed by atoms with Crippen LogP contribution in [0.3, 0.4) is 0 Å². The minimum absolute atomic E-state index is 0.0637. The highest BCUT2D eigenvalue weighted by Crippen LogP contribution is 2.34. The van der Waals surface area contributed by atoms with Gasteiger partial charge in [-0.2, -0.15) is 0 Å². The number of carboxylic acids is 1. The van der Waals surface area contributed by atoms with Crippen LogP contribution in [0.25, 0.3) is 10.8 Å². The van der Waals surface area contributed by atoms with Crippen LogP contribution in [0.5, 0.6) is 0 Å². The number of fused-ring (bicyclic) bond motifs is 1. The predicted octanol–water partition coefficient (Wildman–Crippen LogP) is 4.55. The number of nitrogens with zero attached hydrogens (tertiary/aromatic N) is 1. The second-order valence-electron chi connectivity index (χ2n) is 7.18. The monoisotopic (exact) mass is 327 g/mol. The first-order valence-corrected chi connectivity index (χ1v) is 8.80. The molecule has 24 heavy (non-hydrogen) atoms. The van der Waals surface area contributed by atoms with Crippen LogP contribution < -0.4 is 0 Å². The standard InChI is InChI=1S/C21H29NO2/c1-15(2)19(21(23)24)20-17(10-7-8-14-22(3)4)13-12-16-9-5-6-11-18(16)20/h5-6,9,11-13,15,19H,7-8,10,14H2,1-4H3,(H,23,24). The summed E-state index contributed by atoms with van der Waals surface area (Å²) >= 11 is 0. The number of hydrogen-bond donors (Lipinski definition) is 1. The molecule has 0 aliphatic carbocycles. The van der Waals surface area contributed by atoms with Crippen LogP contribution >= 0.6 is 0 Å². The van der Waals surface area contributed by atoms with Crippen LogP contribution in [-0.2, 0) is 11.2 Å². The molecule has 0 saturated carbocycles. The van der Waals surface area contributed by atoms with Crippen molar-refractivity contribution in [2.75, 3.05) is 20.6 Å². The molecule has 2 aromatic carbocycles. The second-order valence-corrected chi connectivity index (χ2v) is 7.18. The van der Waals surface area contributed by atoms with Crippen molar-refractivity contribution in [1.82, 2.24) is 4.90 Å². The Hall–Kier alpha value is -1.87. The molecule has 2 aromatic rings. The molecular weight excluding hydrogens is 298 g/mol. The lowest BCUT2D eigenvalue weighted by molar-refractivity contribution is -0.139. The van der Waals surface area contributed by atoms with E-state index in [1.54, 1.807) is 0 Å². The first-order chi connectivity index (χ1) is 11.4. The van der Waals surface area contributed by atoms with Gasteiger partial charge in [0.25, 0.3) is 0 Å². The molecule has 0 bridgehead atoms. The summed E-state index contributed by atoms with van der Waals surface area (Å²) in [6, 6.07) is 12.4. The summed E-state index contributed by atoms with van der Waals surface area (Å²) in [6.07, 6.45) is 3.14. The predicted molar refractivity (Wildman–Crippen MR) is 101 cm³/mol. The highest BCUT2D eigenvalue weighted by atomic mass is 16.4. The Morgan fingerprint density at radius 3 is 2.42 bits per heavy atom. The Balaban J connectivity index is 2.42. The number of unbranched alkanes of at least 4 members (excludes halogenated alkanes) is 1. The van der Waals surface area contributed by atoms with Gasteiger partial charge in [-0.25, -0.2) is 0 Å². The third kappa shape index (κ3) is 4.35. The Morgan fingerprint density at radius 1 is 1.08 bits per heavy atom. The molecule has 0 heterocycles. The molecule has 0 aromatic heterocycles. The molecule has 1 N–H and O–H groups in total. The second kappa shape index (κ2) is 8.29. The van der Waals surface area contributed by atoms with Crippen molar-refractivity contribution in [1.29, 1.82) is 0 Å². The summed E-state index contributed by atoms with van der Waals surface area (Å²) in [5.74, 6) is -1.12. The van der Waals surface area contributed by atoms with Crippen molar-refractivity contribution in [3.8, 4) is 0 Å². The zero-order chi connectivity index (χ0) is 17.7. The van der Waals surface area contributed by atoms with Crippen LogP contribution in [0.4, 0.5) is 0 Å². The molecule has 0 spiro atoms. The van der Waals surface area contributed by atoms with Crippen LogP contribution in [0.1, 0.15) is 43.7 Å². The largest absolute Gasteiger partial charge is 0.481 e. The molecule has 0 fully saturated rings. The third-order valence-electron chi connectivity index (χ3n) is 4.61. The van der Waals surface area contributed by atoms with E-state index in [9.17, 15) is 9.90 Å². The van der Waals surface area contributed by atoms with Crippen molar-refractivity contribution in [3.05, 3.63) is 47.5 Å². The first kappa shape index (κ1) is 18.5. The van der Waals surface area contributed by atoms with Crippen LogP contribution in [0.15, 0.2) is 36.4 Å². The minimum Gasteiger partial charge on any atom is -0.481 e. The topological polar surface area (TPSA) is 40.5 Å². The van der Waals surface area contributed by atoms with E-state index < -0.39 is 11.9 Å². The Bertz CT molecular complexity index is 691. The maximum atomic E-state index is 11.9. The van der Waals surface area contributed by atoms with E-state index in [1.165, 1.54) is 5.56 Å². The van der Waals surface area contributed by atoms with Gasteiger partial charge in [0, 0.05) is 0 Å². The van der Waals surface area contributed by atoms with Crippen molar-refractivity contribution >= 4 is 16.7 Å². The number of rotatable bonds is 8. The van der Waals surface area contributed by atoms with E-state index in [0.717, 1.165) is 42.1 Å². The van der Waals surface area contributed by atoms with Gasteiger partial charge < -0.3 is 10.0 Å². The molecule has 1 unspecified atom stereocenters. The van der Waals surface area contributed by atoms with Crippen molar-refractivity contribution in [2.24, 2.45) is 5.92 Å². The lowest BCUT2D eigenvalue weighted by Crippen LogP contribution is -2.20. The zero-order valence-electron chi connectivity index (χ0n) is 15.2. The lowest BCUT2D eigenvalue weighted by Gasteiger charge is -2.22. The summed E-state index contributed by atoms with van der Waals surface area (Å²) in [4.78, 5) is 14.1. The number of carbonyl (C=O) groups is 1. The van der Waals surface area contributed by atoms with Gasteiger partial charge in [0.2, 0.25) is 0 Å². The molecular formula is C21H29NO2. The average molecular weight is 327 g/mol. The summed E-state index contributed by atoms with van der Waals surface area (Å²) in [5.41, 5.74) is 2.20. The van der Waals surface area contributed by atoms with Gasteiger partial charge in [0.05, 0.1) is 5.92 Å². The van der Waals surface area contributed by atoms with Gasteiger partial charge in [-0.1, -0.05) is 50.2 Å². The van der Waals surface area contributed by atoms with E-state index in [0.29, 0.717) is 0 Å². The highest BCUT2D eigenvalue weighted by molar-refractivity contribution is 5.92. The van der Waals surface area contributed by atoms with Gasteiger partial charge in [0.1, 0.15) is 0 Å². The fraction of sp³-hybridized carbons (Fsp3) is 0.476. The normalized spacial score (nSPS) is 12.9. The summed E-state index contributed by atoms with van der Waals surface area (Å²) < 4.78 is 0. The number of aliphatic carboxylic acids is 1. The number of hydrogen-bond acceptors (Lipinski definition) is 2. The first-order valence-electron chi connectivity index (χ1n) is 8.80. The molecule has 0 aliphatic rings. The summed E-state index contributed by atoms with van der Waals surface area (Å²) in [5, 5.41) is 12.0. The van der Waals surface area contributed by atoms with E-state index >= 15 is 0 Å². The Morgan fingerprint density at radius 2 is 1.79 bits per heavy atom. The molecule has 0 radical (unpaired) electrons. The van der Waals surface area contributed by atoms with Crippen LogP contribution in [-0.4, -0.2) is 36.6 Å².